The summed E-state index contributed by atoms with van der Waals surface area (Å²) in [6.45, 7) is 9.69. The van der Waals surface area contributed by atoms with Crippen molar-refractivity contribution in [1.82, 2.24) is 9.97 Å². The molecule has 0 bridgehead atoms. The minimum Gasteiger partial charge on any atom is -0.372 e. The fraction of sp³-hybridized carbons (Fsp3) is 0.370. The molecule has 0 unspecified atom stereocenters. The van der Waals surface area contributed by atoms with Gasteiger partial charge < -0.3 is 15.1 Å². The third-order valence-corrected chi connectivity index (χ3v) is 8.11. The van der Waals surface area contributed by atoms with E-state index in [1.54, 1.807) is 6.07 Å². The Morgan fingerprint density at radius 3 is 2.66 bits per heavy atom. The van der Waals surface area contributed by atoms with Gasteiger partial charge in [-0.2, -0.15) is 0 Å². The maximum atomic E-state index is 14.5. The molecule has 4 aromatic rings. The second-order valence-electron chi connectivity index (χ2n) is 9.01. The molecule has 1 aliphatic heterocycles. The number of anilines is 3. The van der Waals surface area contributed by atoms with Crippen LogP contribution in [0.15, 0.2) is 42.7 Å². The van der Waals surface area contributed by atoms with Crippen molar-refractivity contribution >= 4 is 54.7 Å². The summed E-state index contributed by atoms with van der Waals surface area (Å²) in [7, 11) is 0. The van der Waals surface area contributed by atoms with Crippen molar-refractivity contribution in [3.63, 3.8) is 0 Å². The molecule has 0 radical (unpaired) electrons. The highest BCUT2D eigenvalue weighted by Gasteiger charge is 2.28. The van der Waals surface area contributed by atoms with Crippen LogP contribution in [0.5, 0.6) is 0 Å². The number of rotatable bonds is 6. The zero-order valence-electron chi connectivity index (χ0n) is 20.3. The van der Waals surface area contributed by atoms with Crippen LogP contribution in [0, 0.1) is 18.7 Å². The molecule has 2 aromatic heterocycles. The average Bonchev–Trinajstić information content (AvgIpc) is 3.26. The molecule has 6 nitrogen and oxygen atoms in total. The Labute approximate surface area is 208 Å². The fourth-order valence-electron chi connectivity index (χ4n) is 4.95. The number of fused-ring (bicyclic) bond motifs is 3. The van der Waals surface area contributed by atoms with Gasteiger partial charge in [-0.15, -0.1) is 11.3 Å². The molecule has 0 spiro atoms. The van der Waals surface area contributed by atoms with Gasteiger partial charge in [0.1, 0.15) is 18.0 Å². The van der Waals surface area contributed by atoms with E-state index in [0.717, 1.165) is 65.5 Å². The van der Waals surface area contributed by atoms with Gasteiger partial charge in [-0.05, 0) is 69.5 Å². The van der Waals surface area contributed by atoms with Crippen molar-refractivity contribution in [1.29, 1.82) is 0 Å². The van der Waals surface area contributed by atoms with Crippen molar-refractivity contribution in [3.8, 4) is 0 Å². The summed E-state index contributed by atoms with van der Waals surface area (Å²) in [4.78, 5) is 26.5. The van der Waals surface area contributed by atoms with Crippen LogP contribution in [0.2, 0.25) is 0 Å². The molecule has 8 heteroatoms. The number of amides is 1. The minimum atomic E-state index is -0.255. The average molecular weight is 492 g/mol. The van der Waals surface area contributed by atoms with Gasteiger partial charge in [0.15, 0.2) is 0 Å². The summed E-state index contributed by atoms with van der Waals surface area (Å²) in [6, 6.07) is 11.3. The Balaban J connectivity index is 1.28. The number of nitrogens with one attached hydrogen (secondary N) is 1. The monoisotopic (exact) mass is 491 g/mol. The lowest BCUT2D eigenvalue weighted by Gasteiger charge is -2.32. The van der Waals surface area contributed by atoms with Crippen LogP contribution in [0.4, 0.5) is 21.6 Å². The molecule has 1 N–H and O–H groups in total. The van der Waals surface area contributed by atoms with Gasteiger partial charge in [-0.1, -0.05) is 6.07 Å². The zero-order valence-corrected chi connectivity index (χ0v) is 21.2. The first kappa shape index (κ1) is 23.5. The van der Waals surface area contributed by atoms with Gasteiger partial charge in [-0.3, -0.25) is 4.79 Å². The molecule has 1 fully saturated rings. The standard InChI is InChI=1S/C27H30FN5OS/c1-4-32(5-2)19-9-10-21(17(3)15-19)31-27(34)18-11-13-33(14-12-18)26-25-24(29-16-30-26)23-20(28)7-6-8-22(23)35-25/h6-10,15-16,18H,4-5,11-14H2,1-3H3,(H,31,34). The van der Waals surface area contributed by atoms with E-state index in [1.165, 1.54) is 29.4 Å². The SMILES string of the molecule is CCN(CC)c1ccc(NC(=O)C2CCN(c3ncnc4c3sc3cccc(F)c34)CC2)c(C)c1. The Bertz CT molecular complexity index is 1380. The van der Waals surface area contributed by atoms with Crippen LogP contribution in [0.3, 0.4) is 0 Å². The van der Waals surface area contributed by atoms with E-state index in [4.69, 9.17) is 0 Å². The van der Waals surface area contributed by atoms with Gasteiger partial charge in [0.25, 0.3) is 0 Å². The third kappa shape index (κ3) is 4.43. The number of aryl methyl sites for hydroxylation is 1. The molecule has 0 atom stereocenters. The first-order valence-electron chi connectivity index (χ1n) is 12.2. The highest BCUT2D eigenvalue weighted by atomic mass is 32.1. The number of carbonyl (C=O) groups is 1. The summed E-state index contributed by atoms with van der Waals surface area (Å²) < 4.78 is 16.2. The first-order valence-corrected chi connectivity index (χ1v) is 13.0. The smallest absolute Gasteiger partial charge is 0.227 e. The number of piperidine rings is 1. The second-order valence-corrected chi connectivity index (χ2v) is 10.1. The Hall–Kier alpha value is -3.26. The molecule has 1 aliphatic rings. The fourth-order valence-corrected chi connectivity index (χ4v) is 6.14. The molecule has 35 heavy (non-hydrogen) atoms. The van der Waals surface area contributed by atoms with Crippen LogP contribution in [0.25, 0.3) is 20.3 Å². The Kier molecular flexibility index (Phi) is 6.56. The number of halogens is 1. The zero-order chi connectivity index (χ0) is 24.5. The predicted molar refractivity (Wildman–Crippen MR) is 143 cm³/mol. The summed E-state index contributed by atoms with van der Waals surface area (Å²) in [6.07, 6.45) is 3.00. The van der Waals surface area contributed by atoms with Crippen LogP contribution in [-0.2, 0) is 4.79 Å². The molecule has 0 aliphatic carbocycles. The van der Waals surface area contributed by atoms with E-state index in [1.807, 2.05) is 19.1 Å². The van der Waals surface area contributed by atoms with Crippen LogP contribution < -0.4 is 15.1 Å². The van der Waals surface area contributed by atoms with Crippen molar-refractivity contribution in [3.05, 3.63) is 54.1 Å². The molecular weight excluding hydrogens is 461 g/mol. The van der Waals surface area contributed by atoms with Gasteiger partial charge in [-0.25, -0.2) is 14.4 Å². The lowest BCUT2D eigenvalue weighted by Crippen LogP contribution is -2.38. The lowest BCUT2D eigenvalue weighted by molar-refractivity contribution is -0.120. The van der Waals surface area contributed by atoms with E-state index in [0.29, 0.717) is 10.9 Å². The van der Waals surface area contributed by atoms with Gasteiger partial charge in [0.05, 0.1) is 15.6 Å². The van der Waals surface area contributed by atoms with Gasteiger partial charge in [0, 0.05) is 48.2 Å². The highest BCUT2D eigenvalue weighted by Crippen LogP contribution is 2.39. The second kappa shape index (κ2) is 9.77. The van der Waals surface area contributed by atoms with Crippen molar-refractivity contribution in [2.24, 2.45) is 5.92 Å². The Morgan fingerprint density at radius 2 is 1.94 bits per heavy atom. The van der Waals surface area contributed by atoms with Crippen molar-refractivity contribution in [2.75, 3.05) is 41.3 Å². The lowest BCUT2D eigenvalue weighted by atomic mass is 9.95. The molecule has 182 valence electrons. The van der Waals surface area contributed by atoms with E-state index < -0.39 is 0 Å². The van der Waals surface area contributed by atoms with Crippen molar-refractivity contribution in [2.45, 2.75) is 33.6 Å². The Morgan fingerprint density at radius 1 is 1.17 bits per heavy atom. The van der Waals surface area contributed by atoms with E-state index in [-0.39, 0.29) is 17.6 Å². The van der Waals surface area contributed by atoms with E-state index >= 15 is 0 Å². The molecule has 1 saturated heterocycles. The van der Waals surface area contributed by atoms with E-state index in [2.05, 4.69) is 51.1 Å². The van der Waals surface area contributed by atoms with Gasteiger partial charge >= 0.3 is 0 Å². The number of carbonyl (C=O) groups excluding carboxylic acids is 1. The summed E-state index contributed by atoms with van der Waals surface area (Å²) in [5.74, 6) is 0.594. The van der Waals surface area contributed by atoms with Crippen LogP contribution >= 0.6 is 11.3 Å². The van der Waals surface area contributed by atoms with E-state index in [9.17, 15) is 9.18 Å². The molecule has 1 amide bonds. The van der Waals surface area contributed by atoms with Crippen molar-refractivity contribution < 1.29 is 9.18 Å². The summed E-state index contributed by atoms with van der Waals surface area (Å²) in [5.41, 5.74) is 3.78. The number of thiophene rings is 1. The molecule has 0 saturated carbocycles. The molecule has 2 aromatic carbocycles. The van der Waals surface area contributed by atoms with Crippen LogP contribution in [-0.4, -0.2) is 42.1 Å². The highest BCUT2D eigenvalue weighted by molar-refractivity contribution is 7.26. The topological polar surface area (TPSA) is 61.4 Å². The minimum absolute atomic E-state index is 0.0507. The normalized spacial score (nSPS) is 14.6. The maximum absolute atomic E-state index is 14.5. The number of nitrogens with zero attached hydrogens (tertiary/aromatic N) is 4. The maximum Gasteiger partial charge on any atom is 0.227 e. The summed E-state index contributed by atoms with van der Waals surface area (Å²) >= 11 is 1.52. The first-order chi connectivity index (χ1) is 17.0. The molecular formula is C27H30FN5OS. The predicted octanol–water partition coefficient (Wildman–Crippen LogP) is 5.99. The van der Waals surface area contributed by atoms with Crippen LogP contribution in [0.1, 0.15) is 32.3 Å². The number of aromatic nitrogens is 2. The quantitative estimate of drug-likeness (QED) is 0.359. The number of hydrogen-bond donors (Lipinski definition) is 1. The molecule has 3 heterocycles. The largest absolute Gasteiger partial charge is 0.372 e. The van der Waals surface area contributed by atoms with Gasteiger partial charge in [0.2, 0.25) is 5.91 Å². The molecule has 5 rings (SSSR count). The third-order valence-electron chi connectivity index (χ3n) is 6.97. The summed E-state index contributed by atoms with van der Waals surface area (Å²) in [5, 5.41) is 3.71. The number of hydrogen-bond acceptors (Lipinski definition) is 6. The number of benzene rings is 2.